The Labute approximate surface area is 62.6 Å². The minimum Gasteiger partial charge on any atom is -0.232 e. The molecule has 0 radical (unpaired) electrons. The second kappa shape index (κ2) is 5.24. The molecule has 0 aromatic rings. The van der Waals surface area contributed by atoms with Gasteiger partial charge in [-0.05, 0) is 12.8 Å². The molecule has 0 saturated heterocycles. The Hall–Kier alpha value is -0.560. The lowest BCUT2D eigenvalue weighted by molar-refractivity contribution is 0.588. The van der Waals surface area contributed by atoms with Crippen LogP contribution in [0, 0.1) is 11.3 Å². The van der Waals surface area contributed by atoms with E-state index < -0.39 is 10.7 Å². The molecule has 1 atom stereocenters. The normalized spacial score (nSPS) is 12.9. The standard InChI is InChI=1S/C6H11NO2S/c1-2-6(10(8)9)4-3-5-7/h6,10H,2-4H2,1H3. The van der Waals surface area contributed by atoms with Gasteiger partial charge in [0.2, 0.25) is 0 Å². The predicted octanol–water partition coefficient (Wildman–Crippen LogP) is 0.680. The summed E-state index contributed by atoms with van der Waals surface area (Å²) in [5, 5.41) is 7.85. The van der Waals surface area contributed by atoms with Gasteiger partial charge in [-0.3, -0.25) is 0 Å². The lowest BCUT2D eigenvalue weighted by atomic mass is 10.2. The fraction of sp³-hybridized carbons (Fsp3) is 0.833. The first-order valence-electron chi connectivity index (χ1n) is 3.22. The van der Waals surface area contributed by atoms with Gasteiger partial charge in [0.05, 0.1) is 11.3 Å². The number of hydrogen-bond donors (Lipinski definition) is 1. The average Bonchev–Trinajstić information content (AvgIpc) is 1.89. The Bertz CT molecular complexity index is 184. The largest absolute Gasteiger partial charge is 0.232 e. The number of nitriles is 1. The zero-order chi connectivity index (χ0) is 7.98. The third kappa shape index (κ3) is 3.46. The van der Waals surface area contributed by atoms with Gasteiger partial charge in [0, 0.05) is 6.42 Å². The monoisotopic (exact) mass is 161 g/mol. The highest BCUT2D eigenvalue weighted by atomic mass is 32.2. The molecule has 0 aromatic carbocycles. The molecular weight excluding hydrogens is 150 g/mol. The summed E-state index contributed by atoms with van der Waals surface area (Å²) in [6.07, 6.45) is 1.42. The minimum absolute atomic E-state index is 0.297. The second-order valence-corrected chi connectivity index (χ2v) is 3.35. The van der Waals surface area contributed by atoms with Crippen LogP contribution in [0.5, 0.6) is 0 Å². The molecule has 58 valence electrons. The van der Waals surface area contributed by atoms with Crippen LogP contribution in [0.15, 0.2) is 0 Å². The maximum absolute atomic E-state index is 10.4. The van der Waals surface area contributed by atoms with Crippen LogP contribution in [0.3, 0.4) is 0 Å². The summed E-state index contributed by atoms with van der Waals surface area (Å²) in [6.45, 7) is 1.81. The number of thiol groups is 1. The van der Waals surface area contributed by atoms with Crippen molar-refractivity contribution in [1.82, 2.24) is 0 Å². The Morgan fingerprint density at radius 2 is 2.20 bits per heavy atom. The summed E-state index contributed by atoms with van der Waals surface area (Å²) in [4.78, 5) is 0. The van der Waals surface area contributed by atoms with Crippen molar-refractivity contribution in [1.29, 1.82) is 5.26 Å². The third-order valence-corrected chi connectivity index (χ3v) is 2.58. The topological polar surface area (TPSA) is 57.9 Å². The molecular formula is C6H11NO2S. The van der Waals surface area contributed by atoms with Crippen molar-refractivity contribution in [3.63, 3.8) is 0 Å². The van der Waals surface area contributed by atoms with Gasteiger partial charge < -0.3 is 0 Å². The highest BCUT2D eigenvalue weighted by Crippen LogP contribution is 2.03. The van der Waals surface area contributed by atoms with Gasteiger partial charge in [-0.15, -0.1) is 0 Å². The van der Waals surface area contributed by atoms with E-state index in [1.54, 1.807) is 0 Å². The van der Waals surface area contributed by atoms with E-state index in [1.165, 1.54) is 0 Å². The molecule has 4 heteroatoms. The first kappa shape index (κ1) is 9.44. The van der Waals surface area contributed by atoms with Crippen LogP contribution in [0.2, 0.25) is 0 Å². The van der Waals surface area contributed by atoms with Crippen LogP contribution in [-0.4, -0.2) is 13.7 Å². The zero-order valence-electron chi connectivity index (χ0n) is 5.91. The van der Waals surface area contributed by atoms with Crippen molar-refractivity contribution < 1.29 is 8.42 Å². The van der Waals surface area contributed by atoms with Crippen molar-refractivity contribution in [2.45, 2.75) is 31.4 Å². The van der Waals surface area contributed by atoms with Gasteiger partial charge >= 0.3 is 0 Å². The van der Waals surface area contributed by atoms with Crippen molar-refractivity contribution in [2.24, 2.45) is 0 Å². The first-order chi connectivity index (χ1) is 4.72. The SMILES string of the molecule is CCC(CCC#N)[SH](=O)=O. The Balaban J connectivity index is 3.75. The van der Waals surface area contributed by atoms with Crippen molar-refractivity contribution in [2.75, 3.05) is 0 Å². The van der Waals surface area contributed by atoms with E-state index in [2.05, 4.69) is 0 Å². The quantitative estimate of drug-likeness (QED) is 0.617. The van der Waals surface area contributed by atoms with Crippen molar-refractivity contribution in [3.05, 3.63) is 0 Å². The summed E-state index contributed by atoms with van der Waals surface area (Å²) in [7, 11) is -2.33. The molecule has 0 rings (SSSR count). The fourth-order valence-electron chi connectivity index (χ4n) is 0.690. The van der Waals surface area contributed by atoms with E-state index in [4.69, 9.17) is 5.26 Å². The van der Waals surface area contributed by atoms with E-state index in [0.717, 1.165) is 0 Å². The fourth-order valence-corrected chi connectivity index (χ4v) is 1.33. The van der Waals surface area contributed by atoms with Gasteiger partial charge in [0.1, 0.15) is 10.7 Å². The lowest BCUT2D eigenvalue weighted by Crippen LogP contribution is -2.06. The summed E-state index contributed by atoms with van der Waals surface area (Å²) >= 11 is 0. The van der Waals surface area contributed by atoms with E-state index >= 15 is 0 Å². The van der Waals surface area contributed by atoms with E-state index in [9.17, 15) is 8.42 Å². The Kier molecular flexibility index (Phi) is 4.95. The maximum Gasteiger partial charge on any atom is 0.143 e. The molecule has 0 spiro atoms. The Morgan fingerprint density at radius 1 is 1.60 bits per heavy atom. The molecule has 0 amide bonds. The average molecular weight is 161 g/mol. The van der Waals surface area contributed by atoms with Gasteiger partial charge in [-0.25, -0.2) is 8.42 Å². The molecule has 0 N–H and O–H groups in total. The predicted molar refractivity (Wildman–Crippen MR) is 39.2 cm³/mol. The van der Waals surface area contributed by atoms with Crippen LogP contribution < -0.4 is 0 Å². The molecule has 0 fully saturated rings. The molecule has 3 nitrogen and oxygen atoms in total. The number of hydrogen-bond acceptors (Lipinski definition) is 3. The van der Waals surface area contributed by atoms with Crippen molar-refractivity contribution >= 4 is 10.7 Å². The summed E-state index contributed by atoms with van der Waals surface area (Å²) in [5.41, 5.74) is 0. The molecule has 0 saturated carbocycles. The van der Waals surface area contributed by atoms with Crippen LogP contribution >= 0.6 is 0 Å². The molecule has 1 unspecified atom stereocenters. The van der Waals surface area contributed by atoms with Gasteiger partial charge in [0.25, 0.3) is 0 Å². The molecule has 0 heterocycles. The maximum atomic E-state index is 10.4. The highest BCUT2D eigenvalue weighted by Gasteiger charge is 2.06. The van der Waals surface area contributed by atoms with Gasteiger partial charge in [0.15, 0.2) is 0 Å². The van der Waals surface area contributed by atoms with Crippen molar-refractivity contribution in [3.8, 4) is 6.07 Å². The summed E-state index contributed by atoms with van der Waals surface area (Å²) in [6, 6.07) is 1.92. The molecule has 0 aromatic heterocycles. The molecule has 0 aliphatic rings. The first-order valence-corrected chi connectivity index (χ1v) is 4.47. The second-order valence-electron chi connectivity index (χ2n) is 2.04. The van der Waals surface area contributed by atoms with E-state index in [-0.39, 0.29) is 5.25 Å². The molecule has 0 aliphatic carbocycles. The van der Waals surface area contributed by atoms with Crippen LogP contribution in [-0.2, 0) is 10.7 Å². The molecule has 10 heavy (non-hydrogen) atoms. The van der Waals surface area contributed by atoms with Gasteiger partial charge in [-0.1, -0.05) is 6.92 Å². The van der Waals surface area contributed by atoms with Gasteiger partial charge in [-0.2, -0.15) is 5.26 Å². The summed E-state index contributed by atoms with van der Waals surface area (Å²) in [5.74, 6) is 0. The van der Waals surface area contributed by atoms with E-state index in [0.29, 0.717) is 19.3 Å². The smallest absolute Gasteiger partial charge is 0.143 e. The zero-order valence-corrected chi connectivity index (χ0v) is 6.80. The van der Waals surface area contributed by atoms with E-state index in [1.807, 2.05) is 13.0 Å². The minimum atomic E-state index is -2.33. The number of rotatable bonds is 4. The van der Waals surface area contributed by atoms with Crippen LogP contribution in [0.25, 0.3) is 0 Å². The molecule has 0 bridgehead atoms. The highest BCUT2D eigenvalue weighted by molar-refractivity contribution is 7.73. The lowest BCUT2D eigenvalue weighted by Gasteiger charge is -2.01. The Morgan fingerprint density at radius 3 is 2.50 bits per heavy atom. The molecule has 0 aliphatic heterocycles. The van der Waals surface area contributed by atoms with Crippen LogP contribution in [0.1, 0.15) is 26.2 Å². The van der Waals surface area contributed by atoms with Crippen LogP contribution in [0.4, 0.5) is 0 Å². The third-order valence-electron chi connectivity index (χ3n) is 1.36. The number of nitrogens with zero attached hydrogens (tertiary/aromatic N) is 1. The summed E-state index contributed by atoms with van der Waals surface area (Å²) < 4.78 is 20.7.